The quantitative estimate of drug-likeness (QED) is 0.155. The minimum Gasteiger partial charge on any atom is -1.00 e. The molecule has 0 N–H and O–H groups in total. The molecule has 0 aliphatic rings. The largest absolute Gasteiger partial charge is 2.00 e. The Balaban J connectivity index is 0. The number of aryl methyl sites for hydroxylation is 1. The molecular formula is C43H47BrCl4Cu2N4. The second-order valence-corrected chi connectivity index (χ2v) is 14.6. The van der Waals surface area contributed by atoms with Crippen molar-refractivity contribution in [2.75, 3.05) is 0 Å². The Labute approximate surface area is 377 Å². The summed E-state index contributed by atoms with van der Waals surface area (Å²) in [4.78, 5) is 19.1. The van der Waals surface area contributed by atoms with Gasteiger partial charge >= 0.3 is 34.1 Å². The molecule has 2 radical (unpaired) electrons. The van der Waals surface area contributed by atoms with Crippen molar-refractivity contribution in [3.8, 4) is 22.3 Å². The molecule has 2 heterocycles. The molecule has 296 valence electrons. The van der Waals surface area contributed by atoms with Crippen molar-refractivity contribution < 1.29 is 83.8 Å². The summed E-state index contributed by atoms with van der Waals surface area (Å²) >= 11 is 4.01. The van der Waals surface area contributed by atoms with Gasteiger partial charge in [-0.05, 0) is 130 Å². The van der Waals surface area contributed by atoms with Crippen LogP contribution < -0.4 is 49.6 Å². The van der Waals surface area contributed by atoms with Crippen molar-refractivity contribution in [2.45, 2.75) is 86.0 Å². The molecule has 0 unspecified atom stereocenters. The Hall–Kier alpha value is -2.02. The van der Waals surface area contributed by atoms with Gasteiger partial charge in [0.05, 0.1) is 35.2 Å². The Kier molecular flexibility index (Phi) is 24.6. The first-order valence-electron chi connectivity index (χ1n) is 17.0. The third-order valence-electron chi connectivity index (χ3n) is 8.79. The zero-order valence-electron chi connectivity index (χ0n) is 31.8. The first-order valence-corrected chi connectivity index (χ1v) is 17.8. The van der Waals surface area contributed by atoms with Gasteiger partial charge in [0.2, 0.25) is 0 Å². The van der Waals surface area contributed by atoms with Gasteiger partial charge in [-0.3, -0.25) is 20.0 Å². The van der Waals surface area contributed by atoms with Crippen LogP contribution in [-0.2, 0) is 34.1 Å². The second-order valence-electron chi connectivity index (χ2n) is 13.8. The van der Waals surface area contributed by atoms with Crippen LogP contribution in [0.15, 0.2) is 99.6 Å². The number of hydrogen-bond donors (Lipinski definition) is 0. The van der Waals surface area contributed by atoms with E-state index in [2.05, 4.69) is 125 Å². The van der Waals surface area contributed by atoms with Crippen LogP contribution in [0.1, 0.15) is 118 Å². The van der Waals surface area contributed by atoms with Crippen molar-refractivity contribution in [3.05, 3.63) is 129 Å². The van der Waals surface area contributed by atoms with Crippen molar-refractivity contribution >= 4 is 39.7 Å². The Morgan fingerprint density at radius 1 is 0.519 bits per heavy atom. The third kappa shape index (κ3) is 12.7. The number of pyridine rings is 2. The number of aromatic nitrogens is 2. The van der Waals surface area contributed by atoms with E-state index < -0.39 is 0 Å². The van der Waals surface area contributed by atoms with Crippen LogP contribution in [0.5, 0.6) is 0 Å². The van der Waals surface area contributed by atoms with Crippen molar-refractivity contribution in [1.82, 2.24) is 9.97 Å². The second kappa shape index (κ2) is 24.6. The molecular weight excluding hydrogens is 921 g/mol. The molecule has 0 spiro atoms. The van der Waals surface area contributed by atoms with E-state index in [-0.39, 0.29) is 107 Å². The van der Waals surface area contributed by atoms with Gasteiger partial charge in [-0.2, -0.15) is 0 Å². The average Bonchev–Trinajstić information content (AvgIpc) is 3.07. The average molecular weight is 969 g/mol. The van der Waals surface area contributed by atoms with Crippen LogP contribution in [0, 0.1) is 6.92 Å². The zero-order valence-corrected chi connectivity index (χ0v) is 38.3. The fourth-order valence-corrected chi connectivity index (χ4v) is 6.77. The maximum absolute atomic E-state index is 5.07. The summed E-state index contributed by atoms with van der Waals surface area (Å²) in [7, 11) is 0. The molecule has 0 fully saturated rings. The van der Waals surface area contributed by atoms with Crippen LogP contribution in [0.3, 0.4) is 0 Å². The molecule has 0 aliphatic heterocycles. The van der Waals surface area contributed by atoms with Crippen LogP contribution in [0.4, 0.5) is 11.4 Å². The first kappa shape index (κ1) is 54.1. The first-order chi connectivity index (χ1) is 23.0. The number of aliphatic imine (C=N–C) groups is 2. The van der Waals surface area contributed by atoms with E-state index in [9.17, 15) is 0 Å². The van der Waals surface area contributed by atoms with Crippen LogP contribution in [-0.4, -0.2) is 22.4 Å². The fourth-order valence-electron chi connectivity index (χ4n) is 6.21. The smallest absolute Gasteiger partial charge is 1.00 e. The van der Waals surface area contributed by atoms with E-state index in [1.807, 2.05) is 61.2 Å². The van der Waals surface area contributed by atoms with E-state index >= 15 is 0 Å². The predicted octanol–water partition coefficient (Wildman–Crippen LogP) is 0.887. The van der Waals surface area contributed by atoms with Crippen LogP contribution in [0.25, 0.3) is 22.3 Å². The normalized spacial score (nSPS) is 10.8. The number of hydrogen-bond acceptors (Lipinski definition) is 4. The van der Waals surface area contributed by atoms with Gasteiger partial charge in [-0.15, -0.1) is 0 Å². The number of benzene rings is 3. The summed E-state index contributed by atoms with van der Waals surface area (Å²) < 4.78 is 1.08. The molecule has 54 heavy (non-hydrogen) atoms. The minimum absolute atomic E-state index is 0. The summed E-state index contributed by atoms with van der Waals surface area (Å²) in [5.41, 5.74) is 14.8. The SMILES string of the molecule is Cc1ccc(Br)c(-c2cc(C(C)C)c(N=Cc3ccccn3)c(C(C)C)c2)c1-c1cc(C(C)C)c(N=Cc2ccccn2)c(C(C)C)c1.[Cl-].[Cl-].[Cl-].[Cl-].[Cu+2].[Cu+2]. The Morgan fingerprint density at radius 2 is 0.870 bits per heavy atom. The van der Waals surface area contributed by atoms with E-state index in [0.29, 0.717) is 0 Å². The Bertz CT molecular complexity index is 1770. The maximum Gasteiger partial charge on any atom is 2.00 e. The molecule has 0 bridgehead atoms. The van der Waals surface area contributed by atoms with Crippen LogP contribution >= 0.6 is 15.9 Å². The molecule has 11 heteroatoms. The van der Waals surface area contributed by atoms with Crippen molar-refractivity contribution in [2.24, 2.45) is 9.98 Å². The van der Waals surface area contributed by atoms with E-state index in [1.165, 1.54) is 50.1 Å². The molecule has 5 rings (SSSR count). The summed E-state index contributed by atoms with van der Waals surface area (Å²) in [6, 6.07) is 25.7. The van der Waals surface area contributed by atoms with Crippen LogP contribution in [0.2, 0.25) is 0 Å². The molecule has 0 saturated carbocycles. The van der Waals surface area contributed by atoms with E-state index in [1.54, 1.807) is 0 Å². The number of halogens is 5. The fraction of sp³-hybridized carbons (Fsp3) is 0.302. The Morgan fingerprint density at radius 3 is 1.19 bits per heavy atom. The molecule has 5 aromatic rings. The minimum atomic E-state index is 0. The molecule has 0 saturated heterocycles. The predicted molar refractivity (Wildman–Crippen MR) is 209 cm³/mol. The summed E-state index contributed by atoms with van der Waals surface area (Å²) in [6.45, 7) is 20.3. The van der Waals surface area contributed by atoms with Crippen molar-refractivity contribution in [3.63, 3.8) is 0 Å². The number of rotatable bonds is 10. The monoisotopic (exact) mass is 964 g/mol. The molecule has 4 nitrogen and oxygen atoms in total. The molecule has 2 aromatic heterocycles. The molecule has 3 aromatic carbocycles. The van der Waals surface area contributed by atoms with Gasteiger partial charge in [0.25, 0.3) is 0 Å². The zero-order chi connectivity index (χ0) is 34.5. The van der Waals surface area contributed by atoms with Gasteiger partial charge < -0.3 is 49.6 Å². The van der Waals surface area contributed by atoms with Gasteiger partial charge in [-0.25, -0.2) is 0 Å². The van der Waals surface area contributed by atoms with E-state index in [0.717, 1.165) is 27.2 Å². The summed E-state index contributed by atoms with van der Waals surface area (Å²) in [5.74, 6) is 1.12. The molecule has 0 amide bonds. The van der Waals surface area contributed by atoms with Gasteiger partial charge in [0.15, 0.2) is 0 Å². The standard InChI is InChI=1S/C43H47BrN4.4ClH.2Cu/c1-26(2)35-20-31(21-36(27(3)4)42(35)47-24-33-14-10-12-18-45-33)40-30(9)16-17-39(44)41(40)32-22-37(28(5)6)43(38(23-32)29(7)8)48-25-34-15-11-13-19-46-34;;;;;;/h10-29H,1-9H3;4*1H;;/q;;;;;2*+2/p-4. The number of nitrogens with zero attached hydrogens (tertiary/aromatic N) is 4. The topological polar surface area (TPSA) is 50.5 Å². The van der Waals surface area contributed by atoms with Gasteiger partial charge in [0, 0.05) is 22.4 Å². The maximum atomic E-state index is 5.07. The van der Waals surface area contributed by atoms with Gasteiger partial charge in [0.1, 0.15) is 0 Å². The summed E-state index contributed by atoms with van der Waals surface area (Å²) in [6.07, 6.45) is 7.40. The van der Waals surface area contributed by atoms with Gasteiger partial charge in [-0.1, -0.05) is 89.5 Å². The van der Waals surface area contributed by atoms with E-state index in [4.69, 9.17) is 9.98 Å². The molecule has 0 atom stereocenters. The molecule has 0 aliphatic carbocycles. The third-order valence-corrected chi connectivity index (χ3v) is 9.45. The summed E-state index contributed by atoms with van der Waals surface area (Å²) in [5, 5.41) is 0. The van der Waals surface area contributed by atoms with Crippen molar-refractivity contribution in [1.29, 1.82) is 0 Å².